The molecule has 0 saturated heterocycles. The smallest absolute Gasteiger partial charge is 0.426 e. The van der Waals surface area contributed by atoms with E-state index in [0.717, 1.165) is 6.08 Å². The molecule has 2 atom stereocenters. The zero-order valence-electron chi connectivity index (χ0n) is 18.3. The molecule has 0 aliphatic heterocycles. The van der Waals surface area contributed by atoms with Crippen LogP contribution >= 0.6 is 0 Å². The molecule has 0 radical (unpaired) electrons. The number of carbonyl (C=O) groups is 2. The molecule has 6 nitrogen and oxygen atoms in total. The van der Waals surface area contributed by atoms with Crippen LogP contribution in [0.25, 0.3) is 0 Å². The maximum atomic E-state index is 13.8. The van der Waals surface area contributed by atoms with Gasteiger partial charge in [-0.3, -0.25) is 0 Å². The number of aliphatic hydroxyl groups is 1. The Morgan fingerprint density at radius 3 is 1.58 bits per heavy atom. The standard InChI is InChI=1S/C22H12F10O6/c23-8-10(25)14(29)18(15(30)11(8)26)37-20(33)22(35)5-2-1-3-7(4-6-22)36-21(34)38-19-16(31)12(27)9(24)13(28)17(19)32/h1,3,7,35H,2,4-6H2/b3-1+/t7-,22-/m1/s1. The molecule has 1 N–H and O–H groups in total. The second-order valence-corrected chi connectivity index (χ2v) is 7.73. The summed E-state index contributed by atoms with van der Waals surface area (Å²) in [5, 5.41) is 10.6. The average Bonchev–Trinajstić information content (AvgIpc) is 2.88. The SMILES string of the molecule is O=C(Oc1c(F)c(F)c(F)c(F)c1F)O[C@@H]1/C=C/CC[C@](O)(C(=O)Oc2c(F)c(F)c(F)c(F)c2F)CC1. The maximum Gasteiger partial charge on any atom is 0.514 e. The van der Waals surface area contributed by atoms with Crippen molar-refractivity contribution >= 4 is 12.1 Å². The van der Waals surface area contributed by atoms with Gasteiger partial charge >= 0.3 is 12.1 Å². The summed E-state index contributed by atoms with van der Waals surface area (Å²) in [6, 6.07) is 0. The lowest BCUT2D eigenvalue weighted by molar-refractivity contribution is -0.158. The summed E-state index contributed by atoms with van der Waals surface area (Å²) in [5.41, 5.74) is -2.63. The number of halogens is 10. The van der Waals surface area contributed by atoms with Crippen LogP contribution in [0.1, 0.15) is 25.7 Å². The van der Waals surface area contributed by atoms with Crippen LogP contribution in [0.4, 0.5) is 48.7 Å². The molecular weight excluding hydrogens is 550 g/mol. The van der Waals surface area contributed by atoms with Gasteiger partial charge in [0.1, 0.15) is 6.10 Å². The Labute approximate surface area is 205 Å². The van der Waals surface area contributed by atoms with Crippen molar-refractivity contribution in [2.75, 3.05) is 0 Å². The molecule has 2 aromatic carbocycles. The van der Waals surface area contributed by atoms with Crippen molar-refractivity contribution in [2.24, 2.45) is 0 Å². The molecule has 1 aliphatic carbocycles. The minimum Gasteiger partial charge on any atom is -0.426 e. The molecule has 0 amide bonds. The largest absolute Gasteiger partial charge is 0.514 e. The van der Waals surface area contributed by atoms with E-state index in [2.05, 4.69) is 14.2 Å². The van der Waals surface area contributed by atoms with Crippen LogP contribution in [0.5, 0.6) is 11.5 Å². The van der Waals surface area contributed by atoms with Crippen molar-refractivity contribution in [1.29, 1.82) is 0 Å². The molecule has 16 heteroatoms. The molecule has 206 valence electrons. The minimum absolute atomic E-state index is 0.213. The molecule has 1 aliphatic rings. The third kappa shape index (κ3) is 5.39. The highest BCUT2D eigenvalue weighted by molar-refractivity contribution is 5.81. The fourth-order valence-corrected chi connectivity index (χ4v) is 3.24. The van der Waals surface area contributed by atoms with E-state index in [-0.39, 0.29) is 6.42 Å². The zero-order valence-corrected chi connectivity index (χ0v) is 18.3. The monoisotopic (exact) mass is 562 g/mol. The number of esters is 1. The number of allylic oxidation sites excluding steroid dienone is 1. The number of rotatable bonds is 4. The topological polar surface area (TPSA) is 82.1 Å². The molecule has 38 heavy (non-hydrogen) atoms. The first kappa shape index (κ1) is 28.7. The summed E-state index contributed by atoms with van der Waals surface area (Å²) < 4.78 is 148. The van der Waals surface area contributed by atoms with E-state index in [1.54, 1.807) is 0 Å². The second kappa shape index (κ2) is 10.9. The van der Waals surface area contributed by atoms with Crippen LogP contribution in [0.2, 0.25) is 0 Å². The van der Waals surface area contributed by atoms with Crippen molar-refractivity contribution in [3.63, 3.8) is 0 Å². The van der Waals surface area contributed by atoms with Crippen molar-refractivity contribution < 1.29 is 72.8 Å². The highest BCUT2D eigenvalue weighted by Gasteiger charge is 2.41. The van der Waals surface area contributed by atoms with Gasteiger partial charge < -0.3 is 19.3 Å². The van der Waals surface area contributed by atoms with Crippen molar-refractivity contribution in [3.05, 3.63) is 70.3 Å². The lowest BCUT2D eigenvalue weighted by atomic mass is 9.88. The molecule has 0 fully saturated rings. The van der Waals surface area contributed by atoms with Gasteiger partial charge in [-0.1, -0.05) is 6.08 Å². The second-order valence-electron chi connectivity index (χ2n) is 7.73. The Kier molecular flexibility index (Phi) is 8.24. The zero-order chi connectivity index (χ0) is 28.5. The molecule has 3 rings (SSSR count). The lowest BCUT2D eigenvalue weighted by Crippen LogP contribution is -2.43. The minimum atomic E-state index is -2.63. The predicted octanol–water partition coefficient (Wildman–Crippen LogP) is 5.43. The number of carbonyl (C=O) groups excluding carboxylic acids is 2. The van der Waals surface area contributed by atoms with Gasteiger partial charge in [0.25, 0.3) is 0 Å². The third-order valence-corrected chi connectivity index (χ3v) is 5.26. The van der Waals surface area contributed by atoms with E-state index in [0.29, 0.717) is 0 Å². The van der Waals surface area contributed by atoms with Crippen LogP contribution < -0.4 is 9.47 Å². The first-order valence-corrected chi connectivity index (χ1v) is 10.2. The van der Waals surface area contributed by atoms with Crippen LogP contribution in [0, 0.1) is 58.2 Å². The Hall–Kier alpha value is -3.82. The highest BCUT2D eigenvalue weighted by Crippen LogP contribution is 2.33. The van der Waals surface area contributed by atoms with Gasteiger partial charge in [0.15, 0.2) is 5.60 Å². The Morgan fingerprint density at radius 2 is 1.11 bits per heavy atom. The quantitative estimate of drug-likeness (QED) is 0.102. The van der Waals surface area contributed by atoms with E-state index in [4.69, 9.17) is 0 Å². The first-order valence-electron chi connectivity index (χ1n) is 10.2. The lowest BCUT2D eigenvalue weighted by Gasteiger charge is -2.28. The van der Waals surface area contributed by atoms with Gasteiger partial charge in [-0.05, 0) is 31.8 Å². The van der Waals surface area contributed by atoms with E-state index < -0.39 is 113 Å². The third-order valence-electron chi connectivity index (χ3n) is 5.26. The summed E-state index contributed by atoms with van der Waals surface area (Å²) in [5.74, 6) is -30.4. The van der Waals surface area contributed by atoms with Gasteiger partial charge in [-0.15, -0.1) is 0 Å². The Morgan fingerprint density at radius 1 is 0.684 bits per heavy atom. The molecule has 0 saturated carbocycles. The summed E-state index contributed by atoms with van der Waals surface area (Å²) >= 11 is 0. The normalized spacial score (nSPS) is 20.3. The van der Waals surface area contributed by atoms with Crippen molar-refractivity contribution in [3.8, 4) is 11.5 Å². The van der Waals surface area contributed by atoms with Gasteiger partial charge in [0, 0.05) is 0 Å². The number of benzene rings is 2. The maximum absolute atomic E-state index is 13.8. The van der Waals surface area contributed by atoms with Gasteiger partial charge in [0.2, 0.25) is 69.7 Å². The fraction of sp³-hybridized carbons (Fsp3) is 0.273. The van der Waals surface area contributed by atoms with Crippen LogP contribution in [0.15, 0.2) is 12.2 Å². The predicted molar refractivity (Wildman–Crippen MR) is 102 cm³/mol. The van der Waals surface area contributed by atoms with Gasteiger partial charge in [-0.2, -0.15) is 17.6 Å². The van der Waals surface area contributed by atoms with Crippen molar-refractivity contribution in [1.82, 2.24) is 0 Å². The average molecular weight is 562 g/mol. The molecule has 2 aromatic rings. The van der Waals surface area contributed by atoms with Crippen LogP contribution in [-0.2, 0) is 9.53 Å². The van der Waals surface area contributed by atoms with Crippen LogP contribution in [-0.4, -0.2) is 28.9 Å². The molecule has 0 bridgehead atoms. The van der Waals surface area contributed by atoms with Gasteiger partial charge in [-0.25, -0.2) is 35.9 Å². The number of hydrogen-bond donors (Lipinski definition) is 1. The fourth-order valence-electron chi connectivity index (χ4n) is 3.24. The Bertz CT molecular complexity index is 1270. The summed E-state index contributed by atoms with van der Waals surface area (Å²) in [7, 11) is 0. The molecule has 0 unspecified atom stereocenters. The van der Waals surface area contributed by atoms with E-state index >= 15 is 0 Å². The molecule has 0 aromatic heterocycles. The molecular formula is C22H12F10O6. The Balaban J connectivity index is 1.73. The van der Waals surface area contributed by atoms with E-state index in [1.165, 1.54) is 6.08 Å². The van der Waals surface area contributed by atoms with E-state index in [1.807, 2.05) is 0 Å². The number of ether oxygens (including phenoxy) is 3. The summed E-state index contributed by atoms with van der Waals surface area (Å²) in [6.45, 7) is 0. The van der Waals surface area contributed by atoms with Gasteiger partial charge in [0.05, 0.1) is 0 Å². The van der Waals surface area contributed by atoms with E-state index in [9.17, 15) is 58.6 Å². The number of hydrogen-bond acceptors (Lipinski definition) is 6. The first-order chi connectivity index (χ1) is 17.7. The summed E-state index contributed by atoms with van der Waals surface area (Å²) in [6.07, 6.45) is -3.08. The summed E-state index contributed by atoms with van der Waals surface area (Å²) in [4.78, 5) is 24.3. The highest BCUT2D eigenvalue weighted by atomic mass is 19.2. The van der Waals surface area contributed by atoms with Crippen molar-refractivity contribution in [2.45, 2.75) is 37.4 Å². The molecule has 0 spiro atoms. The molecule has 0 heterocycles. The van der Waals surface area contributed by atoms with Crippen LogP contribution in [0.3, 0.4) is 0 Å².